The maximum absolute atomic E-state index is 11.7. The fourth-order valence-electron chi connectivity index (χ4n) is 1.96. The maximum atomic E-state index is 11.7. The van der Waals surface area contributed by atoms with Crippen LogP contribution < -0.4 is 5.32 Å². The first-order valence-electron chi connectivity index (χ1n) is 6.24. The van der Waals surface area contributed by atoms with Crippen molar-refractivity contribution in [3.63, 3.8) is 0 Å². The van der Waals surface area contributed by atoms with E-state index in [1.807, 2.05) is 30.3 Å². The summed E-state index contributed by atoms with van der Waals surface area (Å²) in [5.74, 6) is -1.03. The number of hydrogen-bond acceptors (Lipinski definition) is 3. The summed E-state index contributed by atoms with van der Waals surface area (Å²) in [6.07, 6.45) is 0.949. The van der Waals surface area contributed by atoms with Crippen molar-refractivity contribution >= 4 is 12.1 Å². The second-order valence-electron chi connectivity index (χ2n) is 4.97. The highest BCUT2D eigenvalue weighted by Gasteiger charge is 2.48. The number of carboxylic acid groups (broad SMARTS) is 1. The molecular formula is C14H17NO4. The van der Waals surface area contributed by atoms with Crippen molar-refractivity contribution in [2.24, 2.45) is 5.92 Å². The first kappa shape index (κ1) is 13.4. The highest BCUT2D eigenvalue weighted by Crippen LogP contribution is 2.39. The lowest BCUT2D eigenvalue weighted by molar-refractivity contribution is -0.144. The van der Waals surface area contributed by atoms with Crippen LogP contribution in [0.3, 0.4) is 0 Å². The van der Waals surface area contributed by atoms with Gasteiger partial charge in [-0.2, -0.15) is 0 Å². The molecule has 0 heterocycles. The van der Waals surface area contributed by atoms with Crippen LogP contribution >= 0.6 is 0 Å². The number of amides is 1. The van der Waals surface area contributed by atoms with Crippen molar-refractivity contribution in [3.05, 3.63) is 35.9 Å². The fraction of sp³-hybridized carbons (Fsp3) is 0.429. The largest absolute Gasteiger partial charge is 0.480 e. The van der Waals surface area contributed by atoms with Gasteiger partial charge < -0.3 is 15.2 Å². The SMILES string of the molecule is CC(NC(=O)OCc1ccccc1)(C(=O)O)C1CC1. The average Bonchev–Trinajstić information content (AvgIpc) is 3.22. The zero-order chi connectivity index (χ0) is 13.9. The van der Waals surface area contributed by atoms with Gasteiger partial charge in [0, 0.05) is 0 Å². The van der Waals surface area contributed by atoms with Gasteiger partial charge in [0.05, 0.1) is 0 Å². The molecule has 1 aromatic carbocycles. The van der Waals surface area contributed by atoms with E-state index in [0.29, 0.717) is 0 Å². The molecule has 2 N–H and O–H groups in total. The van der Waals surface area contributed by atoms with Crippen LogP contribution in [0.25, 0.3) is 0 Å². The second-order valence-corrected chi connectivity index (χ2v) is 4.97. The van der Waals surface area contributed by atoms with E-state index in [9.17, 15) is 14.7 Å². The first-order valence-corrected chi connectivity index (χ1v) is 6.24. The van der Waals surface area contributed by atoms with Crippen LogP contribution in [0.2, 0.25) is 0 Å². The van der Waals surface area contributed by atoms with Crippen molar-refractivity contribution in [3.8, 4) is 0 Å². The molecule has 1 unspecified atom stereocenters. The number of aliphatic carboxylic acids is 1. The van der Waals surface area contributed by atoms with Gasteiger partial charge in [-0.05, 0) is 31.2 Å². The molecule has 5 nitrogen and oxygen atoms in total. The minimum absolute atomic E-state index is 0.00530. The molecule has 0 radical (unpaired) electrons. The van der Waals surface area contributed by atoms with Gasteiger partial charge in [-0.25, -0.2) is 9.59 Å². The Balaban J connectivity index is 1.88. The van der Waals surface area contributed by atoms with Crippen LogP contribution in [0.5, 0.6) is 0 Å². The number of alkyl carbamates (subject to hydrolysis) is 1. The van der Waals surface area contributed by atoms with E-state index in [4.69, 9.17) is 4.74 Å². The molecule has 19 heavy (non-hydrogen) atoms. The van der Waals surface area contributed by atoms with Crippen LogP contribution in [0.15, 0.2) is 30.3 Å². The summed E-state index contributed by atoms with van der Waals surface area (Å²) in [6, 6.07) is 9.25. The Bertz CT molecular complexity index is 470. The molecule has 1 atom stereocenters. The maximum Gasteiger partial charge on any atom is 0.408 e. The number of ether oxygens (including phenoxy) is 1. The lowest BCUT2D eigenvalue weighted by atomic mass is 9.96. The van der Waals surface area contributed by atoms with E-state index in [1.165, 1.54) is 6.92 Å². The topological polar surface area (TPSA) is 75.6 Å². The van der Waals surface area contributed by atoms with Gasteiger partial charge in [-0.15, -0.1) is 0 Å². The average molecular weight is 263 g/mol. The number of rotatable bonds is 5. The predicted octanol–water partition coefficient (Wildman–Crippen LogP) is 2.17. The van der Waals surface area contributed by atoms with Gasteiger partial charge in [0.2, 0.25) is 0 Å². The Morgan fingerprint density at radius 2 is 2.00 bits per heavy atom. The number of carboxylic acids is 1. The van der Waals surface area contributed by atoms with E-state index in [1.54, 1.807) is 0 Å². The number of nitrogens with one attached hydrogen (secondary N) is 1. The Kier molecular flexibility index (Phi) is 3.74. The molecule has 0 spiro atoms. The van der Waals surface area contributed by atoms with Crippen molar-refractivity contribution in [1.29, 1.82) is 0 Å². The fourth-order valence-corrected chi connectivity index (χ4v) is 1.96. The summed E-state index contributed by atoms with van der Waals surface area (Å²) < 4.78 is 5.04. The van der Waals surface area contributed by atoms with E-state index in [0.717, 1.165) is 18.4 Å². The van der Waals surface area contributed by atoms with Crippen molar-refractivity contribution < 1.29 is 19.4 Å². The predicted molar refractivity (Wildman–Crippen MR) is 68.5 cm³/mol. The molecule has 1 amide bonds. The zero-order valence-electron chi connectivity index (χ0n) is 10.8. The van der Waals surface area contributed by atoms with E-state index >= 15 is 0 Å². The standard InChI is InChI=1S/C14H17NO4/c1-14(12(16)17,11-7-8-11)15-13(18)19-9-10-5-3-2-4-6-10/h2-6,11H,7-9H2,1H3,(H,15,18)(H,16,17). The molecule has 0 aromatic heterocycles. The molecule has 0 aliphatic heterocycles. The van der Waals surface area contributed by atoms with Crippen LogP contribution in [-0.2, 0) is 16.1 Å². The van der Waals surface area contributed by atoms with Gasteiger partial charge in [0.15, 0.2) is 0 Å². The van der Waals surface area contributed by atoms with Crippen LogP contribution in [-0.4, -0.2) is 22.7 Å². The van der Waals surface area contributed by atoms with E-state index in [-0.39, 0.29) is 12.5 Å². The molecule has 1 aliphatic carbocycles. The Morgan fingerprint density at radius 1 is 1.37 bits per heavy atom. The smallest absolute Gasteiger partial charge is 0.408 e. The van der Waals surface area contributed by atoms with E-state index in [2.05, 4.69) is 5.32 Å². The molecular weight excluding hydrogens is 246 g/mol. The molecule has 1 fully saturated rings. The van der Waals surface area contributed by atoms with Crippen molar-refractivity contribution in [1.82, 2.24) is 5.32 Å². The van der Waals surface area contributed by atoms with Crippen molar-refractivity contribution in [2.45, 2.75) is 31.9 Å². The molecule has 2 rings (SSSR count). The molecule has 1 aromatic rings. The number of benzene rings is 1. The monoisotopic (exact) mass is 263 g/mol. The van der Waals surface area contributed by atoms with Crippen LogP contribution in [0.4, 0.5) is 4.79 Å². The first-order chi connectivity index (χ1) is 9.02. The summed E-state index contributed by atoms with van der Waals surface area (Å²) in [5, 5.41) is 11.7. The summed E-state index contributed by atoms with van der Waals surface area (Å²) in [7, 11) is 0. The third-order valence-corrected chi connectivity index (χ3v) is 3.41. The number of carbonyl (C=O) groups excluding carboxylic acids is 1. The molecule has 5 heteroatoms. The van der Waals surface area contributed by atoms with E-state index < -0.39 is 17.6 Å². The van der Waals surface area contributed by atoms with Crippen LogP contribution in [0, 0.1) is 5.92 Å². The highest BCUT2D eigenvalue weighted by atomic mass is 16.5. The summed E-state index contributed by atoms with van der Waals surface area (Å²) in [4.78, 5) is 22.9. The second kappa shape index (κ2) is 5.30. The zero-order valence-corrected chi connectivity index (χ0v) is 10.8. The quantitative estimate of drug-likeness (QED) is 0.853. The van der Waals surface area contributed by atoms with Gasteiger partial charge in [0.25, 0.3) is 0 Å². The summed E-state index contributed by atoms with van der Waals surface area (Å²) >= 11 is 0. The van der Waals surface area contributed by atoms with Gasteiger partial charge in [0.1, 0.15) is 12.1 Å². The lowest BCUT2D eigenvalue weighted by Crippen LogP contribution is -2.54. The van der Waals surface area contributed by atoms with Crippen molar-refractivity contribution in [2.75, 3.05) is 0 Å². The molecule has 0 bridgehead atoms. The minimum atomic E-state index is -1.23. The Morgan fingerprint density at radius 3 is 2.53 bits per heavy atom. The molecule has 1 saturated carbocycles. The molecule has 1 aliphatic rings. The normalized spacial score (nSPS) is 17.3. The third-order valence-electron chi connectivity index (χ3n) is 3.41. The highest BCUT2D eigenvalue weighted by molar-refractivity contribution is 5.84. The Hall–Kier alpha value is -2.04. The summed E-state index contributed by atoms with van der Waals surface area (Å²) in [6.45, 7) is 1.66. The number of carbonyl (C=O) groups is 2. The molecule has 0 saturated heterocycles. The molecule has 102 valence electrons. The third kappa shape index (κ3) is 3.24. The van der Waals surface area contributed by atoms with Gasteiger partial charge in [-0.3, -0.25) is 0 Å². The number of hydrogen-bond donors (Lipinski definition) is 2. The van der Waals surface area contributed by atoms with Gasteiger partial charge in [-0.1, -0.05) is 30.3 Å². The van der Waals surface area contributed by atoms with Gasteiger partial charge >= 0.3 is 12.1 Å². The lowest BCUT2D eigenvalue weighted by Gasteiger charge is -2.25. The Labute approximate surface area is 111 Å². The summed E-state index contributed by atoms with van der Waals surface area (Å²) in [5.41, 5.74) is -0.366. The van der Waals surface area contributed by atoms with Crippen LogP contribution in [0.1, 0.15) is 25.3 Å². The minimum Gasteiger partial charge on any atom is -0.480 e.